The van der Waals surface area contributed by atoms with E-state index in [-0.39, 0.29) is 24.8 Å². The van der Waals surface area contributed by atoms with E-state index < -0.39 is 0 Å². The van der Waals surface area contributed by atoms with Crippen LogP contribution >= 0.6 is 24.8 Å². The van der Waals surface area contributed by atoms with E-state index in [1.807, 2.05) is 30.3 Å². The molecule has 0 bridgehead atoms. The first kappa shape index (κ1) is 12.0. The summed E-state index contributed by atoms with van der Waals surface area (Å²) in [5.74, 6) is 0. The maximum Gasteiger partial charge on any atom is 0.0703 e. The second-order valence-electron chi connectivity index (χ2n) is 2.46. The summed E-state index contributed by atoms with van der Waals surface area (Å²) in [5, 5.41) is 1.09. The van der Waals surface area contributed by atoms with Crippen LogP contribution in [0.5, 0.6) is 0 Å². The van der Waals surface area contributed by atoms with Gasteiger partial charge in [-0.15, -0.1) is 24.8 Å². The van der Waals surface area contributed by atoms with Crippen LogP contribution < -0.4 is 5.73 Å². The Labute approximate surface area is 89.0 Å². The first-order valence-corrected chi connectivity index (χ1v) is 3.46. The van der Waals surface area contributed by atoms with Crippen molar-refractivity contribution < 1.29 is 0 Å². The average molecular weight is 217 g/mol. The van der Waals surface area contributed by atoms with Crippen molar-refractivity contribution in [2.75, 3.05) is 5.73 Å². The number of halogens is 2. The summed E-state index contributed by atoms with van der Waals surface area (Å²) in [6, 6.07) is 9.60. The normalized spacial score (nSPS) is 8.62. The van der Waals surface area contributed by atoms with Gasteiger partial charge in [-0.05, 0) is 24.3 Å². The fraction of sp³-hybridized carbons (Fsp3) is 0. The van der Waals surface area contributed by atoms with E-state index in [0.717, 1.165) is 16.6 Å². The highest BCUT2D eigenvalue weighted by molar-refractivity contribution is 5.85. The molecule has 1 heterocycles. The van der Waals surface area contributed by atoms with Gasteiger partial charge >= 0.3 is 0 Å². The van der Waals surface area contributed by atoms with Crippen molar-refractivity contribution in [1.29, 1.82) is 0 Å². The van der Waals surface area contributed by atoms with Gasteiger partial charge in [0.05, 0.1) is 5.52 Å². The zero-order valence-corrected chi connectivity index (χ0v) is 8.44. The molecule has 0 atom stereocenters. The molecular formula is C9H10Cl2N2. The van der Waals surface area contributed by atoms with Gasteiger partial charge in [0, 0.05) is 17.3 Å². The number of anilines is 1. The monoisotopic (exact) mass is 216 g/mol. The SMILES string of the molecule is Cl.Cl.Nc1ccc2ncccc2c1. The van der Waals surface area contributed by atoms with Gasteiger partial charge < -0.3 is 5.73 Å². The molecule has 13 heavy (non-hydrogen) atoms. The zero-order valence-electron chi connectivity index (χ0n) is 6.81. The second kappa shape index (κ2) is 4.90. The van der Waals surface area contributed by atoms with Crippen molar-refractivity contribution in [2.45, 2.75) is 0 Å². The number of benzene rings is 1. The molecule has 0 spiro atoms. The number of rotatable bonds is 0. The number of hydrogen-bond acceptors (Lipinski definition) is 2. The number of hydrogen-bond donors (Lipinski definition) is 1. The lowest BCUT2D eigenvalue weighted by molar-refractivity contribution is 1.41. The van der Waals surface area contributed by atoms with Crippen molar-refractivity contribution in [3.63, 3.8) is 0 Å². The molecule has 2 rings (SSSR count). The van der Waals surface area contributed by atoms with Crippen LogP contribution in [-0.4, -0.2) is 4.98 Å². The van der Waals surface area contributed by atoms with Crippen LogP contribution in [-0.2, 0) is 0 Å². The van der Waals surface area contributed by atoms with Crippen molar-refractivity contribution in [3.8, 4) is 0 Å². The standard InChI is InChI=1S/C9H8N2.2ClH/c10-8-3-4-9-7(6-8)2-1-5-11-9;;/h1-6H,10H2;2*1H. The molecule has 0 radical (unpaired) electrons. The first-order chi connectivity index (χ1) is 5.36. The summed E-state index contributed by atoms with van der Waals surface area (Å²) < 4.78 is 0. The first-order valence-electron chi connectivity index (χ1n) is 3.46. The second-order valence-corrected chi connectivity index (χ2v) is 2.46. The van der Waals surface area contributed by atoms with Gasteiger partial charge in [-0.3, -0.25) is 4.98 Å². The predicted molar refractivity (Wildman–Crippen MR) is 60.7 cm³/mol. The third kappa shape index (κ3) is 2.47. The predicted octanol–water partition coefficient (Wildman–Crippen LogP) is 2.66. The summed E-state index contributed by atoms with van der Waals surface area (Å²) in [6.07, 6.45) is 1.78. The van der Waals surface area contributed by atoms with Gasteiger partial charge in [-0.1, -0.05) is 6.07 Å². The Morgan fingerprint density at radius 1 is 1.08 bits per heavy atom. The van der Waals surface area contributed by atoms with E-state index in [9.17, 15) is 0 Å². The minimum absolute atomic E-state index is 0. The molecule has 2 N–H and O–H groups in total. The molecule has 0 fully saturated rings. The summed E-state index contributed by atoms with van der Waals surface area (Å²) in [5.41, 5.74) is 7.37. The molecule has 2 nitrogen and oxygen atoms in total. The largest absolute Gasteiger partial charge is 0.399 e. The van der Waals surface area contributed by atoms with Crippen LogP contribution in [0.1, 0.15) is 0 Å². The number of nitrogen functional groups attached to an aromatic ring is 1. The number of nitrogens with zero attached hydrogens (tertiary/aromatic N) is 1. The number of nitrogens with two attached hydrogens (primary N) is 1. The highest BCUT2D eigenvalue weighted by Crippen LogP contribution is 2.13. The van der Waals surface area contributed by atoms with E-state index in [0.29, 0.717) is 0 Å². The van der Waals surface area contributed by atoms with Gasteiger partial charge in [0.15, 0.2) is 0 Å². The Balaban J connectivity index is 0.000000720. The van der Waals surface area contributed by atoms with Gasteiger partial charge in [0.25, 0.3) is 0 Å². The van der Waals surface area contributed by atoms with Gasteiger partial charge in [-0.2, -0.15) is 0 Å². The summed E-state index contributed by atoms with van der Waals surface area (Å²) in [4.78, 5) is 4.17. The minimum Gasteiger partial charge on any atom is -0.399 e. The Morgan fingerprint density at radius 3 is 2.62 bits per heavy atom. The molecular weight excluding hydrogens is 207 g/mol. The maximum atomic E-state index is 5.60. The lowest BCUT2D eigenvalue weighted by Gasteiger charge is -1.96. The Hall–Kier alpha value is -0.990. The summed E-state index contributed by atoms with van der Waals surface area (Å²) in [7, 11) is 0. The third-order valence-electron chi connectivity index (χ3n) is 1.63. The molecule has 1 aromatic carbocycles. The lowest BCUT2D eigenvalue weighted by atomic mass is 10.2. The highest BCUT2D eigenvalue weighted by atomic mass is 35.5. The summed E-state index contributed by atoms with van der Waals surface area (Å²) >= 11 is 0. The molecule has 70 valence electrons. The van der Waals surface area contributed by atoms with E-state index in [1.165, 1.54) is 0 Å². The smallest absolute Gasteiger partial charge is 0.0703 e. The summed E-state index contributed by atoms with van der Waals surface area (Å²) in [6.45, 7) is 0. The van der Waals surface area contributed by atoms with Crippen LogP contribution in [0.25, 0.3) is 10.9 Å². The van der Waals surface area contributed by atoms with Crippen molar-refractivity contribution in [1.82, 2.24) is 4.98 Å². The molecule has 1 aromatic heterocycles. The van der Waals surface area contributed by atoms with Crippen molar-refractivity contribution >= 4 is 41.4 Å². The fourth-order valence-electron chi connectivity index (χ4n) is 1.09. The maximum absolute atomic E-state index is 5.60. The Morgan fingerprint density at radius 2 is 1.85 bits per heavy atom. The molecule has 0 aliphatic heterocycles. The van der Waals surface area contributed by atoms with E-state index in [4.69, 9.17) is 5.73 Å². The van der Waals surface area contributed by atoms with Crippen LogP contribution in [0.2, 0.25) is 0 Å². The Bertz CT molecular complexity index is 390. The van der Waals surface area contributed by atoms with E-state index >= 15 is 0 Å². The van der Waals surface area contributed by atoms with Crippen LogP contribution in [0.4, 0.5) is 5.69 Å². The molecule has 4 heteroatoms. The van der Waals surface area contributed by atoms with Gasteiger partial charge in [-0.25, -0.2) is 0 Å². The van der Waals surface area contributed by atoms with E-state index in [2.05, 4.69) is 4.98 Å². The van der Waals surface area contributed by atoms with Crippen LogP contribution in [0.15, 0.2) is 36.5 Å². The van der Waals surface area contributed by atoms with Gasteiger partial charge in [0.1, 0.15) is 0 Å². The van der Waals surface area contributed by atoms with Gasteiger partial charge in [0.2, 0.25) is 0 Å². The highest BCUT2D eigenvalue weighted by Gasteiger charge is 1.91. The lowest BCUT2D eigenvalue weighted by Crippen LogP contribution is -1.84. The van der Waals surface area contributed by atoms with E-state index in [1.54, 1.807) is 6.20 Å². The molecule has 0 amide bonds. The van der Waals surface area contributed by atoms with Crippen molar-refractivity contribution in [3.05, 3.63) is 36.5 Å². The number of aromatic nitrogens is 1. The third-order valence-corrected chi connectivity index (χ3v) is 1.63. The quantitative estimate of drug-likeness (QED) is 0.689. The number of fused-ring (bicyclic) bond motifs is 1. The zero-order chi connectivity index (χ0) is 7.68. The Kier molecular flexibility index (Phi) is 4.52. The molecule has 0 saturated heterocycles. The van der Waals surface area contributed by atoms with Crippen LogP contribution in [0, 0.1) is 0 Å². The average Bonchev–Trinajstić information content (AvgIpc) is 2.04. The molecule has 0 saturated carbocycles. The molecule has 0 aliphatic rings. The topological polar surface area (TPSA) is 38.9 Å². The number of pyridine rings is 1. The minimum atomic E-state index is 0. The van der Waals surface area contributed by atoms with Crippen LogP contribution in [0.3, 0.4) is 0 Å². The van der Waals surface area contributed by atoms with Crippen molar-refractivity contribution in [2.24, 2.45) is 0 Å². The molecule has 0 unspecified atom stereocenters. The molecule has 0 aliphatic carbocycles. The fourth-order valence-corrected chi connectivity index (χ4v) is 1.09. The molecule has 2 aromatic rings.